The van der Waals surface area contributed by atoms with Crippen LogP contribution in [0.2, 0.25) is 0 Å². The number of nitrogens with one attached hydrogen (secondary N) is 1. The second kappa shape index (κ2) is 5.72. The molecule has 0 amide bonds. The van der Waals surface area contributed by atoms with E-state index < -0.39 is 0 Å². The lowest BCUT2D eigenvalue weighted by Crippen LogP contribution is -2.47. The molecule has 1 N–H and O–H groups in total. The van der Waals surface area contributed by atoms with E-state index in [9.17, 15) is 0 Å². The van der Waals surface area contributed by atoms with Crippen LogP contribution in [0.4, 0.5) is 0 Å². The normalized spacial score (nSPS) is 31.7. The molecule has 1 aliphatic rings. The summed E-state index contributed by atoms with van der Waals surface area (Å²) in [4.78, 5) is 2.46. The van der Waals surface area contributed by atoms with E-state index in [1.54, 1.807) is 0 Å². The highest BCUT2D eigenvalue weighted by molar-refractivity contribution is 4.82. The van der Waals surface area contributed by atoms with Gasteiger partial charge in [0.2, 0.25) is 0 Å². The predicted octanol–water partition coefficient (Wildman–Crippen LogP) is 2.25. The Morgan fingerprint density at radius 2 is 2.21 bits per heavy atom. The van der Waals surface area contributed by atoms with Crippen molar-refractivity contribution in [2.45, 2.75) is 64.6 Å². The van der Waals surface area contributed by atoms with E-state index in [1.165, 1.54) is 32.2 Å². The van der Waals surface area contributed by atoms with Crippen molar-refractivity contribution >= 4 is 0 Å². The molecule has 0 bridgehead atoms. The molecule has 3 unspecified atom stereocenters. The van der Waals surface area contributed by atoms with E-state index in [0.717, 1.165) is 12.1 Å². The fourth-order valence-corrected chi connectivity index (χ4v) is 2.36. The molecule has 1 aliphatic heterocycles. The number of likely N-dealkylation sites (tertiary alicyclic amines) is 1. The fourth-order valence-electron chi connectivity index (χ4n) is 2.36. The minimum Gasteiger partial charge on any atom is -0.311 e. The van der Waals surface area contributed by atoms with Crippen molar-refractivity contribution in [2.75, 3.05) is 13.6 Å². The Morgan fingerprint density at radius 1 is 1.50 bits per heavy atom. The Balaban J connectivity index is 2.25. The minimum atomic E-state index is 0.695. The molecule has 0 radical (unpaired) electrons. The van der Waals surface area contributed by atoms with Crippen molar-refractivity contribution in [3.05, 3.63) is 0 Å². The highest BCUT2D eigenvalue weighted by Crippen LogP contribution is 2.16. The lowest BCUT2D eigenvalue weighted by molar-refractivity contribution is 0.162. The molecule has 14 heavy (non-hydrogen) atoms. The molecule has 3 atom stereocenters. The zero-order valence-corrected chi connectivity index (χ0v) is 10.2. The fraction of sp³-hybridized carbons (Fsp3) is 1.00. The van der Waals surface area contributed by atoms with Crippen molar-refractivity contribution in [3.8, 4) is 0 Å². The number of rotatable bonds is 4. The number of hydrogen-bond donors (Lipinski definition) is 1. The molecule has 0 aromatic heterocycles. The highest BCUT2D eigenvalue weighted by atomic mass is 15.1. The SMILES string of the molecule is CCCC(C)NC1CCN(C)C(C)C1. The summed E-state index contributed by atoms with van der Waals surface area (Å²) in [6.07, 6.45) is 5.22. The van der Waals surface area contributed by atoms with Gasteiger partial charge in [0.25, 0.3) is 0 Å². The zero-order chi connectivity index (χ0) is 10.6. The molecule has 0 aliphatic carbocycles. The molecule has 2 nitrogen and oxygen atoms in total. The quantitative estimate of drug-likeness (QED) is 0.745. The van der Waals surface area contributed by atoms with E-state index in [0.29, 0.717) is 6.04 Å². The molecule has 0 spiro atoms. The molecular formula is C12H26N2. The van der Waals surface area contributed by atoms with E-state index in [4.69, 9.17) is 0 Å². The van der Waals surface area contributed by atoms with Gasteiger partial charge in [-0.15, -0.1) is 0 Å². The Kier molecular flexibility index (Phi) is 4.90. The van der Waals surface area contributed by atoms with Crippen LogP contribution in [0, 0.1) is 0 Å². The molecule has 0 saturated carbocycles. The first kappa shape index (κ1) is 12.0. The van der Waals surface area contributed by atoms with Crippen LogP contribution in [-0.4, -0.2) is 36.6 Å². The summed E-state index contributed by atoms with van der Waals surface area (Å²) >= 11 is 0. The maximum atomic E-state index is 3.74. The van der Waals surface area contributed by atoms with Crippen molar-refractivity contribution in [3.63, 3.8) is 0 Å². The van der Waals surface area contributed by atoms with Crippen LogP contribution in [0.1, 0.15) is 46.5 Å². The first-order chi connectivity index (χ1) is 6.63. The van der Waals surface area contributed by atoms with Gasteiger partial charge < -0.3 is 10.2 Å². The molecule has 1 heterocycles. The van der Waals surface area contributed by atoms with Crippen molar-refractivity contribution < 1.29 is 0 Å². The topological polar surface area (TPSA) is 15.3 Å². The van der Waals surface area contributed by atoms with Crippen LogP contribution < -0.4 is 5.32 Å². The van der Waals surface area contributed by atoms with Crippen LogP contribution in [0.5, 0.6) is 0 Å². The zero-order valence-electron chi connectivity index (χ0n) is 10.2. The van der Waals surface area contributed by atoms with Gasteiger partial charge in [0.1, 0.15) is 0 Å². The molecule has 0 aromatic rings. The maximum Gasteiger partial charge on any atom is 0.00964 e. The van der Waals surface area contributed by atoms with Gasteiger partial charge in [-0.25, -0.2) is 0 Å². The molecule has 0 aromatic carbocycles. The van der Waals surface area contributed by atoms with E-state index in [1.807, 2.05) is 0 Å². The average molecular weight is 198 g/mol. The molecule has 2 heteroatoms. The molecule has 1 rings (SSSR count). The average Bonchev–Trinajstić information content (AvgIpc) is 2.12. The summed E-state index contributed by atoms with van der Waals surface area (Å²) in [5.41, 5.74) is 0. The maximum absolute atomic E-state index is 3.74. The Bertz CT molecular complexity index is 158. The number of hydrogen-bond acceptors (Lipinski definition) is 2. The van der Waals surface area contributed by atoms with Crippen molar-refractivity contribution in [1.82, 2.24) is 10.2 Å². The second-order valence-electron chi connectivity index (χ2n) is 4.91. The number of piperidine rings is 1. The van der Waals surface area contributed by atoms with Crippen LogP contribution in [0.15, 0.2) is 0 Å². The van der Waals surface area contributed by atoms with Gasteiger partial charge in [-0.3, -0.25) is 0 Å². The van der Waals surface area contributed by atoms with E-state index >= 15 is 0 Å². The van der Waals surface area contributed by atoms with E-state index in [2.05, 4.69) is 38.0 Å². The van der Waals surface area contributed by atoms with Gasteiger partial charge in [0.15, 0.2) is 0 Å². The Labute approximate surface area is 89.1 Å². The van der Waals surface area contributed by atoms with Gasteiger partial charge in [-0.2, -0.15) is 0 Å². The van der Waals surface area contributed by atoms with Gasteiger partial charge >= 0.3 is 0 Å². The summed E-state index contributed by atoms with van der Waals surface area (Å²) in [5.74, 6) is 0. The van der Waals surface area contributed by atoms with Gasteiger partial charge in [0, 0.05) is 18.1 Å². The minimum absolute atomic E-state index is 0.695. The van der Waals surface area contributed by atoms with Gasteiger partial charge in [-0.05, 0) is 46.7 Å². The second-order valence-corrected chi connectivity index (χ2v) is 4.91. The summed E-state index contributed by atoms with van der Waals surface area (Å²) in [5, 5.41) is 3.74. The van der Waals surface area contributed by atoms with Crippen LogP contribution >= 0.6 is 0 Å². The van der Waals surface area contributed by atoms with E-state index in [-0.39, 0.29) is 0 Å². The third kappa shape index (κ3) is 3.58. The third-order valence-corrected chi connectivity index (χ3v) is 3.45. The highest BCUT2D eigenvalue weighted by Gasteiger charge is 2.23. The number of nitrogens with zero attached hydrogens (tertiary/aromatic N) is 1. The van der Waals surface area contributed by atoms with Crippen LogP contribution in [0.25, 0.3) is 0 Å². The largest absolute Gasteiger partial charge is 0.311 e. The Morgan fingerprint density at radius 3 is 2.79 bits per heavy atom. The lowest BCUT2D eigenvalue weighted by atomic mass is 9.98. The summed E-state index contributed by atoms with van der Waals surface area (Å²) in [6, 6.07) is 2.19. The third-order valence-electron chi connectivity index (χ3n) is 3.45. The first-order valence-corrected chi connectivity index (χ1v) is 6.09. The predicted molar refractivity (Wildman–Crippen MR) is 62.6 cm³/mol. The molecule has 1 saturated heterocycles. The van der Waals surface area contributed by atoms with Crippen molar-refractivity contribution in [2.24, 2.45) is 0 Å². The molecular weight excluding hydrogens is 172 g/mol. The van der Waals surface area contributed by atoms with Crippen LogP contribution in [-0.2, 0) is 0 Å². The summed E-state index contributed by atoms with van der Waals surface area (Å²) in [6.45, 7) is 8.15. The monoisotopic (exact) mass is 198 g/mol. The smallest absolute Gasteiger partial charge is 0.00964 e. The summed E-state index contributed by atoms with van der Waals surface area (Å²) < 4.78 is 0. The molecule has 84 valence electrons. The lowest BCUT2D eigenvalue weighted by Gasteiger charge is -2.36. The van der Waals surface area contributed by atoms with Gasteiger partial charge in [0.05, 0.1) is 0 Å². The Hall–Kier alpha value is -0.0800. The first-order valence-electron chi connectivity index (χ1n) is 6.09. The van der Waals surface area contributed by atoms with Crippen molar-refractivity contribution in [1.29, 1.82) is 0 Å². The van der Waals surface area contributed by atoms with Gasteiger partial charge in [-0.1, -0.05) is 13.3 Å². The van der Waals surface area contributed by atoms with Crippen LogP contribution in [0.3, 0.4) is 0 Å². The molecule has 1 fully saturated rings. The summed E-state index contributed by atoms with van der Waals surface area (Å²) in [7, 11) is 2.23. The standard InChI is InChI=1S/C12H26N2/c1-5-6-10(2)13-12-7-8-14(4)11(3)9-12/h10-13H,5-9H2,1-4H3.